The summed E-state index contributed by atoms with van der Waals surface area (Å²) in [4.78, 5) is 11.7. The maximum absolute atomic E-state index is 11.7. The third-order valence-corrected chi connectivity index (χ3v) is 11.8. The molecule has 0 radical (unpaired) electrons. The van der Waals surface area contributed by atoms with Gasteiger partial charge in [0, 0.05) is 6.92 Å². The molecule has 0 aromatic heterocycles. The third kappa shape index (κ3) is 4.35. The molecule has 0 amide bonds. The van der Waals surface area contributed by atoms with Gasteiger partial charge in [-0.15, -0.1) is 0 Å². The van der Waals surface area contributed by atoms with Crippen molar-refractivity contribution < 1.29 is 9.53 Å². The molecule has 2 nitrogen and oxygen atoms in total. The number of carbonyl (C=O) groups excluding carboxylic acids is 1. The fourth-order valence-corrected chi connectivity index (χ4v) is 9.35. The highest BCUT2D eigenvalue weighted by molar-refractivity contribution is 5.66. The minimum Gasteiger partial charge on any atom is -0.462 e. The fourth-order valence-electron chi connectivity index (χ4n) is 9.35. The first-order chi connectivity index (χ1) is 15.5. The molecule has 33 heavy (non-hydrogen) atoms. The summed E-state index contributed by atoms with van der Waals surface area (Å²) in [6.07, 6.45) is 14.7. The third-order valence-electron chi connectivity index (χ3n) is 11.8. The monoisotopic (exact) mass is 456 g/mol. The average Bonchev–Trinajstić information content (AvgIpc) is 3.11. The van der Waals surface area contributed by atoms with Crippen molar-refractivity contribution in [1.82, 2.24) is 0 Å². The predicted octanol–water partition coefficient (Wildman–Crippen LogP) is 8.45. The quantitative estimate of drug-likeness (QED) is 0.296. The van der Waals surface area contributed by atoms with Crippen LogP contribution in [0.15, 0.2) is 11.6 Å². The zero-order chi connectivity index (χ0) is 24.1. The molecule has 0 aromatic rings. The van der Waals surface area contributed by atoms with Gasteiger partial charge in [0.2, 0.25) is 0 Å². The molecule has 3 saturated carbocycles. The van der Waals surface area contributed by atoms with Crippen LogP contribution in [-0.2, 0) is 9.53 Å². The SMILES string of the molecule is CC(=O)OC1CC[C@@]2(C)C(CC=C3[C@@H]4CC[C@H]([C@H](C)CC[C@H](C)C(C)C)[C@@]4(C)CC[C@@H]32)C1C. The Morgan fingerprint density at radius 3 is 2.33 bits per heavy atom. The molecule has 188 valence electrons. The van der Waals surface area contributed by atoms with Crippen LogP contribution in [0.5, 0.6) is 0 Å². The second-order valence-corrected chi connectivity index (χ2v) is 13.7. The van der Waals surface area contributed by atoms with Crippen molar-refractivity contribution in [2.24, 2.45) is 58.2 Å². The number of esters is 1. The van der Waals surface area contributed by atoms with E-state index in [1.807, 2.05) is 5.57 Å². The number of rotatable bonds is 6. The lowest BCUT2D eigenvalue weighted by Crippen LogP contribution is -2.53. The van der Waals surface area contributed by atoms with Crippen molar-refractivity contribution in [1.29, 1.82) is 0 Å². The largest absolute Gasteiger partial charge is 0.462 e. The molecule has 3 unspecified atom stereocenters. The highest BCUT2D eigenvalue weighted by Crippen LogP contribution is 2.67. The van der Waals surface area contributed by atoms with Crippen LogP contribution < -0.4 is 0 Å². The van der Waals surface area contributed by atoms with E-state index in [4.69, 9.17) is 4.74 Å². The van der Waals surface area contributed by atoms with E-state index in [2.05, 4.69) is 54.5 Å². The number of hydrogen-bond donors (Lipinski definition) is 0. The van der Waals surface area contributed by atoms with Gasteiger partial charge in [-0.05, 0) is 103 Å². The summed E-state index contributed by atoms with van der Waals surface area (Å²) in [6, 6.07) is 0. The van der Waals surface area contributed by atoms with Crippen molar-refractivity contribution in [3.05, 3.63) is 11.6 Å². The minimum absolute atomic E-state index is 0.107. The zero-order valence-corrected chi connectivity index (χ0v) is 23.0. The molecule has 0 aromatic carbocycles. The van der Waals surface area contributed by atoms with Crippen molar-refractivity contribution in [3.63, 3.8) is 0 Å². The van der Waals surface area contributed by atoms with Gasteiger partial charge < -0.3 is 4.74 Å². The van der Waals surface area contributed by atoms with Crippen molar-refractivity contribution >= 4 is 5.97 Å². The van der Waals surface area contributed by atoms with Crippen molar-refractivity contribution in [2.45, 2.75) is 119 Å². The molecular formula is C31H52O2. The maximum atomic E-state index is 11.7. The first-order valence-electron chi connectivity index (χ1n) is 14.4. The Morgan fingerprint density at radius 2 is 1.67 bits per heavy atom. The zero-order valence-electron chi connectivity index (χ0n) is 23.0. The van der Waals surface area contributed by atoms with E-state index >= 15 is 0 Å². The van der Waals surface area contributed by atoms with Gasteiger partial charge in [-0.2, -0.15) is 0 Å². The van der Waals surface area contributed by atoms with Gasteiger partial charge in [-0.3, -0.25) is 4.79 Å². The molecule has 0 aliphatic heterocycles. The molecule has 0 bridgehead atoms. The predicted molar refractivity (Wildman–Crippen MR) is 138 cm³/mol. The van der Waals surface area contributed by atoms with E-state index in [-0.39, 0.29) is 12.1 Å². The van der Waals surface area contributed by atoms with Crippen molar-refractivity contribution in [3.8, 4) is 0 Å². The minimum atomic E-state index is -0.107. The molecule has 4 rings (SSSR count). The summed E-state index contributed by atoms with van der Waals surface area (Å²) in [7, 11) is 0. The highest BCUT2D eigenvalue weighted by Gasteiger charge is 2.59. The molecule has 4 aliphatic carbocycles. The van der Waals surface area contributed by atoms with Crippen LogP contribution in [-0.4, -0.2) is 12.1 Å². The summed E-state index contributed by atoms with van der Waals surface area (Å²) in [6.45, 7) is 19.0. The van der Waals surface area contributed by atoms with E-state index in [0.29, 0.717) is 22.7 Å². The van der Waals surface area contributed by atoms with Gasteiger partial charge in [0.05, 0.1) is 0 Å². The normalized spacial score (nSPS) is 44.3. The van der Waals surface area contributed by atoms with Gasteiger partial charge in [-0.1, -0.05) is 73.0 Å². The Kier molecular flexibility index (Phi) is 7.17. The van der Waals surface area contributed by atoms with E-state index in [9.17, 15) is 4.79 Å². The van der Waals surface area contributed by atoms with E-state index in [0.717, 1.165) is 41.9 Å². The van der Waals surface area contributed by atoms with Crippen LogP contribution in [0, 0.1) is 58.2 Å². The lowest BCUT2D eigenvalue weighted by Gasteiger charge is -2.59. The smallest absolute Gasteiger partial charge is 0.302 e. The lowest BCUT2D eigenvalue weighted by atomic mass is 9.46. The summed E-state index contributed by atoms with van der Waals surface area (Å²) >= 11 is 0. The summed E-state index contributed by atoms with van der Waals surface area (Å²) < 4.78 is 5.75. The molecule has 0 N–H and O–H groups in total. The van der Waals surface area contributed by atoms with Crippen LogP contribution in [0.4, 0.5) is 0 Å². The second kappa shape index (κ2) is 9.34. The average molecular weight is 457 g/mol. The topological polar surface area (TPSA) is 26.3 Å². The summed E-state index contributed by atoms with van der Waals surface area (Å²) in [5, 5.41) is 0. The van der Waals surface area contributed by atoms with Crippen LogP contribution >= 0.6 is 0 Å². The fraction of sp³-hybridized carbons (Fsp3) is 0.903. The van der Waals surface area contributed by atoms with Gasteiger partial charge in [-0.25, -0.2) is 0 Å². The van der Waals surface area contributed by atoms with Gasteiger partial charge >= 0.3 is 5.97 Å². The van der Waals surface area contributed by atoms with E-state index in [1.165, 1.54) is 51.4 Å². The van der Waals surface area contributed by atoms with Crippen LogP contribution in [0.2, 0.25) is 0 Å². The highest BCUT2D eigenvalue weighted by atomic mass is 16.5. The Morgan fingerprint density at radius 1 is 1.00 bits per heavy atom. The molecule has 0 spiro atoms. The van der Waals surface area contributed by atoms with E-state index < -0.39 is 0 Å². The van der Waals surface area contributed by atoms with E-state index in [1.54, 1.807) is 6.92 Å². The summed E-state index contributed by atoms with van der Waals surface area (Å²) in [5.74, 6) is 5.98. The van der Waals surface area contributed by atoms with Crippen LogP contribution in [0.25, 0.3) is 0 Å². The maximum Gasteiger partial charge on any atom is 0.302 e. The number of allylic oxidation sites excluding steroid dienone is 2. The number of ether oxygens (including phenoxy) is 1. The van der Waals surface area contributed by atoms with Crippen LogP contribution in [0.1, 0.15) is 113 Å². The van der Waals surface area contributed by atoms with Gasteiger partial charge in [0.25, 0.3) is 0 Å². The van der Waals surface area contributed by atoms with Crippen molar-refractivity contribution in [2.75, 3.05) is 0 Å². The Balaban J connectivity index is 1.50. The Labute approximate surface area is 204 Å². The Bertz CT molecular complexity index is 752. The van der Waals surface area contributed by atoms with Crippen LogP contribution in [0.3, 0.4) is 0 Å². The summed E-state index contributed by atoms with van der Waals surface area (Å²) in [5.41, 5.74) is 2.75. The molecule has 4 aliphatic rings. The molecule has 0 heterocycles. The first kappa shape index (κ1) is 25.3. The lowest BCUT2D eigenvalue weighted by molar-refractivity contribution is -0.158. The number of hydrogen-bond acceptors (Lipinski definition) is 2. The standard InChI is InChI=1S/C31H52O2/c1-19(2)20(3)9-10-21(4)25-13-14-27-24-11-12-26-22(5)29(33-23(6)32)16-18-31(26,8)28(24)15-17-30(25,27)7/h11,19-22,25-29H,9-10,12-18H2,1-8H3/t20-,21+,22?,25+,26?,27-,28-,29?,30+,31-/m0/s1. The molecule has 0 saturated heterocycles. The molecular weight excluding hydrogens is 404 g/mol. The second-order valence-electron chi connectivity index (χ2n) is 13.7. The number of fused-ring (bicyclic) bond motifs is 5. The molecule has 10 atom stereocenters. The van der Waals surface area contributed by atoms with Gasteiger partial charge in [0.15, 0.2) is 0 Å². The number of carbonyl (C=O) groups is 1. The first-order valence-corrected chi connectivity index (χ1v) is 14.4. The molecule has 3 fully saturated rings. The molecule has 2 heteroatoms. The van der Waals surface area contributed by atoms with Gasteiger partial charge in [0.1, 0.15) is 6.10 Å². The Hall–Kier alpha value is -0.790.